The van der Waals surface area contributed by atoms with Crippen LogP contribution < -0.4 is 0 Å². The maximum Gasteiger partial charge on any atom is 0.406 e. The maximum absolute atomic E-state index is 13.0. The van der Waals surface area contributed by atoms with Crippen molar-refractivity contribution < 1.29 is 26.4 Å². The van der Waals surface area contributed by atoms with Crippen molar-refractivity contribution in [2.45, 2.75) is 24.5 Å². The van der Waals surface area contributed by atoms with Crippen molar-refractivity contribution in [1.82, 2.24) is 4.90 Å². The Morgan fingerprint density at radius 2 is 1.75 bits per heavy atom. The molecule has 0 heterocycles. The van der Waals surface area contributed by atoms with Crippen LogP contribution in [-0.4, -0.2) is 38.2 Å². The molecule has 2 rings (SSSR count). The minimum atomic E-state index is -4.63. The van der Waals surface area contributed by atoms with Crippen molar-refractivity contribution in [3.63, 3.8) is 0 Å². The van der Waals surface area contributed by atoms with Gasteiger partial charge in [0.25, 0.3) is 5.91 Å². The maximum atomic E-state index is 13.0. The fourth-order valence-electron chi connectivity index (χ4n) is 2.55. The van der Waals surface area contributed by atoms with Crippen LogP contribution in [0.3, 0.4) is 0 Å². The lowest BCUT2D eigenvalue weighted by atomic mass is 10.1. The van der Waals surface area contributed by atoms with Crippen LogP contribution >= 0.6 is 0 Å². The Balaban J connectivity index is 2.42. The van der Waals surface area contributed by atoms with Crippen LogP contribution in [0.15, 0.2) is 47.4 Å². The van der Waals surface area contributed by atoms with Gasteiger partial charge in [-0.15, -0.1) is 0 Å². The normalized spacial score (nSPS) is 11.7. The Hall–Kier alpha value is -2.86. The minimum absolute atomic E-state index is 0.110. The highest BCUT2D eigenvalue weighted by atomic mass is 32.2. The van der Waals surface area contributed by atoms with E-state index < -0.39 is 28.5 Å². The number of nitriles is 1. The Morgan fingerprint density at radius 1 is 1.14 bits per heavy atom. The zero-order valence-corrected chi connectivity index (χ0v) is 15.9. The molecule has 0 saturated heterocycles. The third kappa shape index (κ3) is 5.57. The van der Waals surface area contributed by atoms with E-state index in [1.54, 1.807) is 0 Å². The predicted octanol–water partition coefficient (Wildman–Crippen LogP) is 3.47. The number of alkyl halides is 3. The second-order valence-electron chi connectivity index (χ2n) is 6.33. The number of amides is 1. The van der Waals surface area contributed by atoms with Crippen LogP contribution in [0.1, 0.15) is 27.0 Å². The number of carbonyl (C=O) groups is 1. The van der Waals surface area contributed by atoms with Crippen LogP contribution in [0.25, 0.3) is 0 Å². The second kappa shape index (κ2) is 8.02. The molecule has 2 aromatic carbocycles. The number of carbonyl (C=O) groups excluding carboxylic acids is 1. The Morgan fingerprint density at radius 3 is 2.25 bits per heavy atom. The summed E-state index contributed by atoms with van der Waals surface area (Å²) in [4.78, 5) is 13.3. The van der Waals surface area contributed by atoms with Gasteiger partial charge in [-0.2, -0.15) is 18.4 Å². The highest BCUT2D eigenvalue weighted by Gasteiger charge is 2.34. The standard InChI is InChI=1S/C19H17F3N2O3S/c1-13-3-8-16(28(2,26)27)9-17(13)18(25)24(12-19(20,21)22)11-15-6-4-14(10-23)5-7-15/h3-9H,11-12H2,1-2H3. The van der Waals surface area contributed by atoms with Crippen molar-refractivity contribution in [2.24, 2.45) is 0 Å². The van der Waals surface area contributed by atoms with Crippen LogP contribution in [-0.2, 0) is 16.4 Å². The average molecular weight is 410 g/mol. The van der Waals surface area contributed by atoms with Gasteiger partial charge in [-0.25, -0.2) is 8.42 Å². The molecule has 0 spiro atoms. The zero-order valence-electron chi connectivity index (χ0n) is 15.1. The monoisotopic (exact) mass is 410 g/mol. The van der Waals surface area contributed by atoms with Gasteiger partial charge in [0.1, 0.15) is 6.54 Å². The minimum Gasteiger partial charge on any atom is -0.325 e. The third-order valence-corrected chi connectivity index (χ3v) is 5.09. The first-order chi connectivity index (χ1) is 12.9. The van der Waals surface area contributed by atoms with Gasteiger partial charge in [0, 0.05) is 18.4 Å². The highest BCUT2D eigenvalue weighted by molar-refractivity contribution is 7.90. The van der Waals surface area contributed by atoms with Gasteiger partial charge in [-0.1, -0.05) is 18.2 Å². The second-order valence-corrected chi connectivity index (χ2v) is 8.35. The highest BCUT2D eigenvalue weighted by Crippen LogP contribution is 2.23. The summed E-state index contributed by atoms with van der Waals surface area (Å²) in [7, 11) is -3.63. The summed E-state index contributed by atoms with van der Waals surface area (Å²) < 4.78 is 62.6. The van der Waals surface area contributed by atoms with Crippen molar-refractivity contribution in [1.29, 1.82) is 5.26 Å². The van der Waals surface area contributed by atoms with E-state index in [0.717, 1.165) is 12.3 Å². The number of sulfone groups is 1. The van der Waals surface area contributed by atoms with Gasteiger partial charge < -0.3 is 4.90 Å². The molecular weight excluding hydrogens is 393 g/mol. The molecule has 2 aromatic rings. The molecule has 0 bridgehead atoms. The van der Waals surface area contributed by atoms with E-state index in [2.05, 4.69) is 0 Å². The first kappa shape index (κ1) is 21.4. The third-order valence-electron chi connectivity index (χ3n) is 3.98. The van der Waals surface area contributed by atoms with E-state index in [1.807, 2.05) is 6.07 Å². The lowest BCUT2D eigenvalue weighted by Gasteiger charge is -2.25. The van der Waals surface area contributed by atoms with E-state index in [0.29, 0.717) is 21.6 Å². The van der Waals surface area contributed by atoms with Crippen LogP contribution in [0.2, 0.25) is 0 Å². The summed E-state index contributed by atoms with van der Waals surface area (Å²) in [6.45, 7) is -0.312. The molecule has 148 valence electrons. The summed E-state index contributed by atoms with van der Waals surface area (Å²) in [6, 6.07) is 11.5. The summed E-state index contributed by atoms with van der Waals surface area (Å²) in [5.41, 5.74) is 1.01. The zero-order chi connectivity index (χ0) is 21.1. The van der Waals surface area contributed by atoms with Crippen molar-refractivity contribution in [3.05, 3.63) is 64.7 Å². The number of rotatable bonds is 5. The Bertz CT molecular complexity index is 1020. The van der Waals surface area contributed by atoms with Gasteiger partial charge in [0.2, 0.25) is 0 Å². The average Bonchev–Trinajstić information content (AvgIpc) is 2.59. The lowest BCUT2D eigenvalue weighted by molar-refractivity contribution is -0.141. The van der Waals surface area contributed by atoms with E-state index in [1.165, 1.54) is 43.3 Å². The molecular formula is C19H17F3N2O3S. The number of hydrogen-bond acceptors (Lipinski definition) is 4. The fraction of sp³-hybridized carbons (Fsp3) is 0.263. The molecule has 0 aliphatic heterocycles. The lowest BCUT2D eigenvalue weighted by Crippen LogP contribution is -2.38. The Kier molecular flexibility index (Phi) is 6.14. The Labute approximate surface area is 160 Å². The molecule has 0 aliphatic carbocycles. The summed E-state index contributed by atoms with van der Waals surface area (Å²) in [5.74, 6) is -0.926. The molecule has 0 unspecified atom stereocenters. The van der Waals surface area contributed by atoms with E-state index in [4.69, 9.17) is 5.26 Å². The molecule has 9 heteroatoms. The SMILES string of the molecule is Cc1ccc(S(C)(=O)=O)cc1C(=O)N(Cc1ccc(C#N)cc1)CC(F)(F)F. The smallest absolute Gasteiger partial charge is 0.325 e. The molecule has 28 heavy (non-hydrogen) atoms. The first-order valence-corrected chi connectivity index (χ1v) is 9.95. The molecule has 0 aliphatic rings. The van der Waals surface area contributed by atoms with E-state index in [9.17, 15) is 26.4 Å². The molecule has 0 fully saturated rings. The number of benzene rings is 2. The molecule has 0 atom stereocenters. The first-order valence-electron chi connectivity index (χ1n) is 8.06. The van der Waals surface area contributed by atoms with Crippen molar-refractivity contribution in [2.75, 3.05) is 12.8 Å². The summed E-state index contributed by atoms with van der Waals surface area (Å²) >= 11 is 0. The predicted molar refractivity (Wildman–Crippen MR) is 96.2 cm³/mol. The van der Waals surface area contributed by atoms with E-state index >= 15 is 0 Å². The van der Waals surface area contributed by atoms with Gasteiger partial charge in [-0.05, 0) is 42.3 Å². The number of nitrogens with zero attached hydrogens (tertiary/aromatic N) is 2. The largest absolute Gasteiger partial charge is 0.406 e. The van der Waals surface area contributed by atoms with Crippen LogP contribution in [0, 0.1) is 18.3 Å². The molecule has 5 nitrogen and oxygen atoms in total. The number of halogens is 3. The van der Waals surface area contributed by atoms with Crippen LogP contribution in [0.5, 0.6) is 0 Å². The van der Waals surface area contributed by atoms with Crippen LogP contribution in [0.4, 0.5) is 13.2 Å². The van der Waals surface area contributed by atoms with Gasteiger partial charge in [0.15, 0.2) is 9.84 Å². The summed E-state index contributed by atoms with van der Waals surface area (Å²) in [6.07, 6.45) is -3.68. The fourth-order valence-corrected chi connectivity index (χ4v) is 3.20. The van der Waals surface area contributed by atoms with Gasteiger partial charge >= 0.3 is 6.18 Å². The number of aryl methyl sites for hydroxylation is 1. The molecule has 0 radical (unpaired) electrons. The van der Waals surface area contributed by atoms with Gasteiger partial charge in [0.05, 0.1) is 16.5 Å². The topological polar surface area (TPSA) is 78.2 Å². The van der Waals surface area contributed by atoms with Gasteiger partial charge in [-0.3, -0.25) is 4.79 Å². The quantitative estimate of drug-likeness (QED) is 0.756. The van der Waals surface area contributed by atoms with E-state index in [-0.39, 0.29) is 17.0 Å². The molecule has 0 saturated carbocycles. The molecule has 0 aromatic heterocycles. The van der Waals surface area contributed by atoms with Crippen molar-refractivity contribution >= 4 is 15.7 Å². The number of hydrogen-bond donors (Lipinski definition) is 0. The van der Waals surface area contributed by atoms with Crippen molar-refractivity contribution in [3.8, 4) is 6.07 Å². The summed E-state index contributed by atoms with van der Waals surface area (Å²) in [5, 5.41) is 8.81. The molecule has 1 amide bonds. The molecule has 0 N–H and O–H groups in total.